The first-order chi connectivity index (χ1) is 14.2. The zero-order valence-corrected chi connectivity index (χ0v) is 17.7. The van der Waals surface area contributed by atoms with Crippen LogP contribution in [0.1, 0.15) is 30.9 Å². The van der Waals surface area contributed by atoms with Gasteiger partial charge in [-0.15, -0.1) is 0 Å². The largest absolute Gasteiger partial charge is 0.494 e. The maximum absolute atomic E-state index is 9.75. The van der Waals surface area contributed by atoms with Gasteiger partial charge in [0.05, 0.1) is 23.0 Å². The Morgan fingerprint density at radius 1 is 1.21 bits per heavy atom. The molecule has 156 valence electrons. The van der Waals surface area contributed by atoms with Crippen molar-refractivity contribution in [2.24, 2.45) is 0 Å². The zero-order chi connectivity index (χ0) is 20.1. The predicted octanol–water partition coefficient (Wildman–Crippen LogP) is 3.68. The van der Waals surface area contributed by atoms with Crippen LogP contribution in [0.25, 0.3) is 0 Å². The molecule has 0 amide bonds. The van der Waals surface area contributed by atoms with E-state index < -0.39 is 0 Å². The van der Waals surface area contributed by atoms with Crippen LogP contribution in [0.15, 0.2) is 53.4 Å². The summed E-state index contributed by atoms with van der Waals surface area (Å²) in [5.41, 5.74) is 1.14. The molecule has 1 saturated heterocycles. The van der Waals surface area contributed by atoms with Gasteiger partial charge in [-0.05, 0) is 62.7 Å². The molecule has 0 bridgehead atoms. The van der Waals surface area contributed by atoms with E-state index in [0.29, 0.717) is 6.61 Å². The van der Waals surface area contributed by atoms with Crippen molar-refractivity contribution in [1.82, 2.24) is 10.2 Å². The number of benzene rings is 2. The molecule has 3 atom stereocenters. The summed E-state index contributed by atoms with van der Waals surface area (Å²) in [5, 5.41) is 13.3. The Morgan fingerprint density at radius 3 is 2.83 bits per heavy atom. The molecule has 0 aromatic heterocycles. The van der Waals surface area contributed by atoms with Crippen LogP contribution in [0.5, 0.6) is 11.5 Å². The number of nitrogens with zero attached hydrogens (tertiary/aromatic N) is 1. The molecular weight excluding hydrogens is 384 g/mol. The Morgan fingerprint density at radius 2 is 2.03 bits per heavy atom. The van der Waals surface area contributed by atoms with Gasteiger partial charge in [0.2, 0.25) is 0 Å². The minimum atomic E-state index is -0.161. The van der Waals surface area contributed by atoms with E-state index in [2.05, 4.69) is 28.4 Å². The molecule has 0 spiro atoms. The summed E-state index contributed by atoms with van der Waals surface area (Å²) < 4.78 is 12.2. The number of piperidine rings is 1. The van der Waals surface area contributed by atoms with Gasteiger partial charge in [0.1, 0.15) is 17.6 Å². The summed E-state index contributed by atoms with van der Waals surface area (Å²) in [7, 11) is 1.97. The number of para-hydroxylation sites is 1. The van der Waals surface area contributed by atoms with Gasteiger partial charge in [0.25, 0.3) is 0 Å². The van der Waals surface area contributed by atoms with Crippen molar-refractivity contribution in [1.29, 1.82) is 0 Å². The Kier molecular flexibility index (Phi) is 6.98. The van der Waals surface area contributed by atoms with Gasteiger partial charge in [0, 0.05) is 13.1 Å². The number of aliphatic hydroxyl groups is 1. The molecule has 2 aliphatic heterocycles. The van der Waals surface area contributed by atoms with Crippen molar-refractivity contribution in [2.75, 3.05) is 33.3 Å². The Hall–Kier alpha value is -1.73. The van der Waals surface area contributed by atoms with Gasteiger partial charge in [0.15, 0.2) is 0 Å². The first kappa shape index (κ1) is 20.5. The number of likely N-dealkylation sites (N-methyl/N-ethyl adjacent to an activating group) is 1. The Labute approximate surface area is 177 Å². The summed E-state index contributed by atoms with van der Waals surface area (Å²) in [6, 6.07) is 16.4. The summed E-state index contributed by atoms with van der Waals surface area (Å²) in [6.07, 6.45) is 2.78. The highest BCUT2D eigenvalue weighted by molar-refractivity contribution is 8.00. The first-order valence-electron chi connectivity index (χ1n) is 10.5. The molecule has 2 aromatic rings. The third-order valence-electron chi connectivity index (χ3n) is 5.49. The normalized spacial score (nSPS) is 24.6. The van der Waals surface area contributed by atoms with E-state index in [9.17, 15) is 5.11 Å². The van der Waals surface area contributed by atoms with Gasteiger partial charge >= 0.3 is 0 Å². The van der Waals surface area contributed by atoms with Crippen molar-refractivity contribution in [3.63, 3.8) is 0 Å². The molecule has 0 aliphatic carbocycles. The number of hydrogen-bond acceptors (Lipinski definition) is 6. The number of likely N-dealkylation sites (tertiary alicyclic amines) is 1. The fourth-order valence-electron chi connectivity index (χ4n) is 3.96. The van der Waals surface area contributed by atoms with Crippen LogP contribution in [0, 0.1) is 0 Å². The molecule has 6 heteroatoms. The van der Waals surface area contributed by atoms with E-state index in [-0.39, 0.29) is 17.6 Å². The highest BCUT2D eigenvalue weighted by Gasteiger charge is 2.30. The van der Waals surface area contributed by atoms with Crippen LogP contribution < -0.4 is 14.8 Å². The number of nitrogens with one attached hydrogen (secondary N) is 1. The molecule has 2 unspecified atom stereocenters. The molecule has 5 nitrogen and oxygen atoms in total. The van der Waals surface area contributed by atoms with Crippen LogP contribution in [0.3, 0.4) is 0 Å². The van der Waals surface area contributed by atoms with E-state index in [1.165, 1.54) is 4.90 Å². The number of rotatable bonds is 7. The highest BCUT2D eigenvalue weighted by Crippen LogP contribution is 2.44. The smallest absolute Gasteiger partial charge is 0.149 e. The zero-order valence-electron chi connectivity index (χ0n) is 16.9. The Bertz CT molecular complexity index is 786. The average molecular weight is 415 g/mol. The second kappa shape index (κ2) is 9.85. The average Bonchev–Trinajstić information content (AvgIpc) is 2.76. The van der Waals surface area contributed by atoms with Crippen molar-refractivity contribution >= 4 is 11.8 Å². The topological polar surface area (TPSA) is 54.0 Å². The molecule has 4 rings (SSSR count). The van der Waals surface area contributed by atoms with E-state index in [1.807, 2.05) is 37.4 Å². The molecular formula is C23H30N2O3S. The van der Waals surface area contributed by atoms with Crippen LogP contribution in [-0.4, -0.2) is 54.8 Å². The molecule has 2 aromatic carbocycles. The standard InChI is InChI=1S/C23H30N2O3S/c1-24-23-22(28-20-7-2-3-8-21(20)29-23)17-9-11-19(12-10-17)27-15-5-14-25-13-4-6-18(26)16-25/h2-3,7-12,18,22-24,26H,4-6,13-16H2,1H3/t18?,22-,23?/m0/s1. The maximum atomic E-state index is 9.75. The lowest BCUT2D eigenvalue weighted by Crippen LogP contribution is -2.39. The van der Waals surface area contributed by atoms with E-state index in [4.69, 9.17) is 9.47 Å². The van der Waals surface area contributed by atoms with Crippen LogP contribution in [0.2, 0.25) is 0 Å². The number of aliphatic hydroxyl groups excluding tert-OH is 1. The second-order valence-corrected chi connectivity index (χ2v) is 8.86. The quantitative estimate of drug-likeness (QED) is 0.674. The molecule has 2 aliphatic rings. The number of β-amino-alcohol motifs (C(OH)–C–C–N with tert-alkyl or cyclic N) is 1. The summed E-state index contributed by atoms with van der Waals surface area (Å²) in [6.45, 7) is 3.55. The minimum absolute atomic E-state index is 0.0421. The maximum Gasteiger partial charge on any atom is 0.149 e. The number of fused-ring (bicyclic) bond motifs is 1. The van der Waals surface area contributed by atoms with Gasteiger partial charge < -0.3 is 24.8 Å². The highest BCUT2D eigenvalue weighted by atomic mass is 32.2. The Balaban J connectivity index is 1.29. The molecule has 2 N–H and O–H groups in total. The molecule has 0 radical (unpaired) electrons. The van der Waals surface area contributed by atoms with Gasteiger partial charge in [-0.25, -0.2) is 0 Å². The fourth-order valence-corrected chi connectivity index (χ4v) is 5.08. The van der Waals surface area contributed by atoms with Crippen molar-refractivity contribution in [2.45, 2.75) is 41.7 Å². The van der Waals surface area contributed by atoms with Crippen molar-refractivity contribution < 1.29 is 14.6 Å². The molecule has 29 heavy (non-hydrogen) atoms. The number of thioether (sulfide) groups is 1. The third kappa shape index (κ3) is 5.25. The van der Waals surface area contributed by atoms with Crippen LogP contribution in [-0.2, 0) is 0 Å². The SMILES string of the molecule is CNC1Sc2ccccc2O[C@H]1c1ccc(OCCCN2CCCC(O)C2)cc1. The number of hydrogen-bond donors (Lipinski definition) is 2. The molecule has 0 saturated carbocycles. The second-order valence-electron chi connectivity index (χ2n) is 7.68. The van der Waals surface area contributed by atoms with Crippen LogP contribution >= 0.6 is 11.8 Å². The monoisotopic (exact) mass is 414 g/mol. The van der Waals surface area contributed by atoms with E-state index in [0.717, 1.165) is 56.0 Å². The summed E-state index contributed by atoms with van der Waals surface area (Å²) in [5.74, 6) is 1.83. The summed E-state index contributed by atoms with van der Waals surface area (Å²) in [4.78, 5) is 3.50. The van der Waals surface area contributed by atoms with Crippen LogP contribution in [0.4, 0.5) is 0 Å². The molecule has 2 heterocycles. The first-order valence-corrected chi connectivity index (χ1v) is 11.3. The molecule has 1 fully saturated rings. The number of ether oxygens (including phenoxy) is 2. The lowest BCUT2D eigenvalue weighted by atomic mass is 10.1. The van der Waals surface area contributed by atoms with E-state index in [1.54, 1.807) is 11.8 Å². The lowest BCUT2D eigenvalue weighted by Gasteiger charge is -2.33. The minimum Gasteiger partial charge on any atom is -0.494 e. The predicted molar refractivity (Wildman–Crippen MR) is 117 cm³/mol. The van der Waals surface area contributed by atoms with E-state index >= 15 is 0 Å². The fraction of sp³-hybridized carbons (Fsp3) is 0.478. The lowest BCUT2D eigenvalue weighted by molar-refractivity contribution is 0.0679. The van der Waals surface area contributed by atoms with Gasteiger partial charge in [-0.2, -0.15) is 0 Å². The van der Waals surface area contributed by atoms with Crippen molar-refractivity contribution in [3.8, 4) is 11.5 Å². The van der Waals surface area contributed by atoms with Gasteiger partial charge in [-0.1, -0.05) is 36.0 Å². The summed E-state index contributed by atoms with van der Waals surface area (Å²) >= 11 is 1.80. The van der Waals surface area contributed by atoms with Crippen molar-refractivity contribution in [3.05, 3.63) is 54.1 Å². The third-order valence-corrected chi connectivity index (χ3v) is 6.82. The van der Waals surface area contributed by atoms with Gasteiger partial charge in [-0.3, -0.25) is 0 Å².